The zero-order chi connectivity index (χ0) is 21.2. The number of aromatic amines is 1. The van der Waals surface area contributed by atoms with E-state index in [4.69, 9.17) is 5.73 Å². The number of aromatic nitrogens is 3. The predicted octanol–water partition coefficient (Wildman–Crippen LogP) is 4.10. The first-order valence-corrected chi connectivity index (χ1v) is 10.7. The topological polar surface area (TPSA) is 87.9 Å². The van der Waals surface area contributed by atoms with E-state index in [9.17, 15) is 4.79 Å². The van der Waals surface area contributed by atoms with E-state index < -0.39 is 0 Å². The molecule has 0 radical (unpaired) electrons. The number of nitrogens with one attached hydrogen (secondary N) is 1. The predicted molar refractivity (Wildman–Crippen MR) is 122 cm³/mol. The minimum atomic E-state index is -0.0145. The standard InChI is InChI=1S/C25H25N5O/c26-15-17-9-11-30(12-10-17)25(31)22-8-4-7-21(28-22)20-13-19-14-23(29-24(19)27-16-20)18-5-2-1-3-6-18/h1-8,13-14,16-17H,9-12,15,26H2,(H,27,29). The molecule has 0 spiro atoms. The highest BCUT2D eigenvalue weighted by atomic mass is 16.2. The zero-order valence-electron chi connectivity index (χ0n) is 17.3. The lowest BCUT2D eigenvalue weighted by atomic mass is 9.97. The van der Waals surface area contributed by atoms with Crippen molar-refractivity contribution in [1.82, 2.24) is 19.9 Å². The van der Waals surface area contributed by atoms with Gasteiger partial charge in [-0.25, -0.2) is 9.97 Å². The molecule has 6 nitrogen and oxygen atoms in total. The number of piperidine rings is 1. The SMILES string of the molecule is NCC1CCN(C(=O)c2cccc(-c3cnc4[nH]c(-c5ccccc5)cc4c3)n2)CC1. The van der Waals surface area contributed by atoms with Gasteiger partial charge in [0, 0.05) is 35.9 Å². The number of carbonyl (C=O) groups is 1. The van der Waals surface area contributed by atoms with Crippen LogP contribution in [0.15, 0.2) is 66.9 Å². The van der Waals surface area contributed by atoms with E-state index in [0.717, 1.165) is 59.5 Å². The van der Waals surface area contributed by atoms with E-state index in [1.54, 1.807) is 12.3 Å². The second-order valence-corrected chi connectivity index (χ2v) is 8.09. The fraction of sp³-hybridized carbons (Fsp3) is 0.240. The minimum Gasteiger partial charge on any atom is -0.339 e. The van der Waals surface area contributed by atoms with E-state index in [1.807, 2.05) is 35.2 Å². The van der Waals surface area contributed by atoms with Crippen molar-refractivity contribution in [2.75, 3.05) is 19.6 Å². The van der Waals surface area contributed by atoms with Crippen LogP contribution in [-0.2, 0) is 0 Å². The molecule has 0 atom stereocenters. The maximum atomic E-state index is 13.0. The molecule has 0 saturated carbocycles. The molecule has 1 amide bonds. The zero-order valence-corrected chi connectivity index (χ0v) is 17.3. The summed E-state index contributed by atoms with van der Waals surface area (Å²) in [5.74, 6) is 0.502. The number of carbonyl (C=O) groups excluding carboxylic acids is 1. The Morgan fingerprint density at radius 1 is 1.03 bits per heavy atom. The Kier molecular flexibility index (Phi) is 5.22. The number of hydrogen-bond donors (Lipinski definition) is 2. The molecule has 0 aliphatic carbocycles. The Morgan fingerprint density at radius 3 is 2.61 bits per heavy atom. The number of pyridine rings is 2. The first-order valence-electron chi connectivity index (χ1n) is 10.7. The second-order valence-electron chi connectivity index (χ2n) is 8.09. The van der Waals surface area contributed by atoms with Crippen LogP contribution in [0.3, 0.4) is 0 Å². The molecule has 1 aliphatic rings. The summed E-state index contributed by atoms with van der Waals surface area (Å²) in [7, 11) is 0. The molecule has 4 aromatic rings. The van der Waals surface area contributed by atoms with Crippen molar-refractivity contribution >= 4 is 16.9 Å². The number of benzene rings is 1. The smallest absolute Gasteiger partial charge is 0.272 e. The minimum absolute atomic E-state index is 0.0145. The number of nitrogens with two attached hydrogens (primary N) is 1. The molecule has 3 aromatic heterocycles. The van der Waals surface area contributed by atoms with Gasteiger partial charge in [-0.3, -0.25) is 4.79 Å². The first-order chi connectivity index (χ1) is 15.2. The van der Waals surface area contributed by atoms with Crippen molar-refractivity contribution in [2.24, 2.45) is 11.7 Å². The number of likely N-dealkylation sites (tertiary alicyclic amines) is 1. The lowest BCUT2D eigenvalue weighted by Crippen LogP contribution is -2.40. The summed E-state index contributed by atoms with van der Waals surface area (Å²) in [6.07, 6.45) is 3.72. The van der Waals surface area contributed by atoms with Crippen molar-refractivity contribution in [1.29, 1.82) is 0 Å². The highest BCUT2D eigenvalue weighted by Crippen LogP contribution is 2.27. The van der Waals surface area contributed by atoms with Gasteiger partial charge in [0.15, 0.2) is 0 Å². The maximum absolute atomic E-state index is 13.0. The van der Waals surface area contributed by atoms with Crippen molar-refractivity contribution in [2.45, 2.75) is 12.8 Å². The second kappa shape index (κ2) is 8.32. The molecular weight excluding hydrogens is 386 g/mol. The third kappa shape index (κ3) is 3.94. The highest BCUT2D eigenvalue weighted by molar-refractivity contribution is 5.93. The third-order valence-corrected chi connectivity index (χ3v) is 6.05. The highest BCUT2D eigenvalue weighted by Gasteiger charge is 2.23. The van der Waals surface area contributed by atoms with E-state index in [0.29, 0.717) is 18.2 Å². The van der Waals surface area contributed by atoms with Crippen LogP contribution >= 0.6 is 0 Å². The molecular formula is C25H25N5O. The van der Waals surface area contributed by atoms with Gasteiger partial charge in [-0.05, 0) is 55.1 Å². The number of amides is 1. The quantitative estimate of drug-likeness (QED) is 0.529. The fourth-order valence-electron chi connectivity index (χ4n) is 4.18. The summed E-state index contributed by atoms with van der Waals surface area (Å²) >= 11 is 0. The summed E-state index contributed by atoms with van der Waals surface area (Å²) in [5.41, 5.74) is 10.9. The monoisotopic (exact) mass is 411 g/mol. The van der Waals surface area contributed by atoms with E-state index in [1.165, 1.54) is 0 Å². The van der Waals surface area contributed by atoms with Crippen molar-refractivity contribution in [3.63, 3.8) is 0 Å². The summed E-state index contributed by atoms with van der Waals surface area (Å²) in [6, 6.07) is 19.9. The van der Waals surface area contributed by atoms with Crippen molar-refractivity contribution in [3.8, 4) is 22.5 Å². The molecule has 0 bridgehead atoms. The Bertz CT molecular complexity index is 1210. The van der Waals surface area contributed by atoms with Gasteiger partial charge in [-0.2, -0.15) is 0 Å². The van der Waals surface area contributed by atoms with Crippen LogP contribution < -0.4 is 5.73 Å². The van der Waals surface area contributed by atoms with Crippen LogP contribution in [0.5, 0.6) is 0 Å². The molecule has 1 fully saturated rings. The normalized spacial score (nSPS) is 14.8. The van der Waals surface area contributed by atoms with Gasteiger partial charge in [0.1, 0.15) is 11.3 Å². The summed E-state index contributed by atoms with van der Waals surface area (Å²) in [6.45, 7) is 2.17. The Balaban J connectivity index is 1.41. The average molecular weight is 412 g/mol. The van der Waals surface area contributed by atoms with Gasteiger partial charge in [0.25, 0.3) is 5.91 Å². The lowest BCUT2D eigenvalue weighted by Gasteiger charge is -2.31. The number of hydrogen-bond acceptors (Lipinski definition) is 4. The number of rotatable bonds is 4. The Labute approximate surface area is 181 Å². The Hall–Kier alpha value is -3.51. The third-order valence-electron chi connectivity index (χ3n) is 6.05. The maximum Gasteiger partial charge on any atom is 0.272 e. The van der Waals surface area contributed by atoms with Gasteiger partial charge in [-0.15, -0.1) is 0 Å². The van der Waals surface area contributed by atoms with E-state index >= 15 is 0 Å². The largest absolute Gasteiger partial charge is 0.339 e. The number of fused-ring (bicyclic) bond motifs is 1. The van der Waals surface area contributed by atoms with Crippen LogP contribution in [0.25, 0.3) is 33.5 Å². The van der Waals surface area contributed by atoms with Gasteiger partial charge >= 0.3 is 0 Å². The summed E-state index contributed by atoms with van der Waals surface area (Å²) in [4.78, 5) is 27.5. The molecule has 3 N–H and O–H groups in total. The molecule has 1 aromatic carbocycles. The van der Waals surface area contributed by atoms with Gasteiger partial charge in [0.2, 0.25) is 0 Å². The van der Waals surface area contributed by atoms with E-state index in [2.05, 4.69) is 39.2 Å². The Morgan fingerprint density at radius 2 is 1.84 bits per heavy atom. The molecule has 31 heavy (non-hydrogen) atoms. The van der Waals surface area contributed by atoms with Crippen LogP contribution in [0.4, 0.5) is 0 Å². The molecule has 6 heteroatoms. The van der Waals surface area contributed by atoms with Gasteiger partial charge < -0.3 is 15.6 Å². The van der Waals surface area contributed by atoms with Crippen LogP contribution in [0.2, 0.25) is 0 Å². The van der Waals surface area contributed by atoms with Crippen LogP contribution in [0.1, 0.15) is 23.3 Å². The molecule has 5 rings (SSSR count). The van der Waals surface area contributed by atoms with Crippen LogP contribution in [0, 0.1) is 5.92 Å². The number of H-pyrrole nitrogens is 1. The van der Waals surface area contributed by atoms with E-state index in [-0.39, 0.29) is 5.91 Å². The average Bonchev–Trinajstić information content (AvgIpc) is 3.28. The molecule has 0 unspecified atom stereocenters. The number of nitrogens with zero attached hydrogens (tertiary/aromatic N) is 3. The van der Waals surface area contributed by atoms with Gasteiger partial charge in [0.05, 0.1) is 5.69 Å². The molecule has 1 aliphatic heterocycles. The lowest BCUT2D eigenvalue weighted by molar-refractivity contribution is 0.0687. The molecule has 156 valence electrons. The van der Waals surface area contributed by atoms with Crippen molar-refractivity contribution < 1.29 is 4.79 Å². The first kappa shape index (κ1) is 19.5. The summed E-state index contributed by atoms with van der Waals surface area (Å²) in [5, 5.41) is 1.01. The molecule has 4 heterocycles. The fourth-order valence-corrected chi connectivity index (χ4v) is 4.18. The summed E-state index contributed by atoms with van der Waals surface area (Å²) < 4.78 is 0. The van der Waals surface area contributed by atoms with Gasteiger partial charge in [-0.1, -0.05) is 36.4 Å². The molecule has 1 saturated heterocycles. The van der Waals surface area contributed by atoms with Crippen LogP contribution in [-0.4, -0.2) is 45.4 Å². The van der Waals surface area contributed by atoms with Crippen molar-refractivity contribution in [3.05, 3.63) is 72.6 Å².